The van der Waals surface area contributed by atoms with Gasteiger partial charge in [-0.3, -0.25) is 4.79 Å². The van der Waals surface area contributed by atoms with E-state index >= 15 is 0 Å². The molecule has 0 spiro atoms. The van der Waals surface area contributed by atoms with Gasteiger partial charge >= 0.3 is 0 Å². The van der Waals surface area contributed by atoms with Gasteiger partial charge in [-0.15, -0.1) is 0 Å². The van der Waals surface area contributed by atoms with E-state index in [0.717, 1.165) is 36.4 Å². The van der Waals surface area contributed by atoms with E-state index in [2.05, 4.69) is 5.32 Å². The zero-order valence-electron chi connectivity index (χ0n) is 17.3. The predicted octanol–water partition coefficient (Wildman–Crippen LogP) is 0.935. The number of nitrogens with one attached hydrogen (secondary N) is 1. The molecule has 4 saturated carbocycles. The summed E-state index contributed by atoms with van der Waals surface area (Å²) in [5, 5.41) is 13.9. The summed E-state index contributed by atoms with van der Waals surface area (Å²) < 4.78 is 27.3. The standard InChI is InChI=1S/C21H29BN2O4S/c1-20(2,24(3)29(27,28)17-7-5-4-6-16(17)22)19(25)23-18-14-8-13-9-15(18)12-21(26,10-13)11-14/h4-7,13-15,18,26H,8-12H2,1-3H3,(H,23,25). The molecule has 1 amide bonds. The molecule has 8 heteroatoms. The van der Waals surface area contributed by atoms with Crippen LogP contribution < -0.4 is 10.8 Å². The van der Waals surface area contributed by atoms with Crippen LogP contribution >= 0.6 is 0 Å². The molecule has 4 aliphatic rings. The molecule has 29 heavy (non-hydrogen) atoms. The van der Waals surface area contributed by atoms with Gasteiger partial charge in [-0.1, -0.05) is 23.7 Å². The highest BCUT2D eigenvalue weighted by atomic mass is 32.2. The molecular weight excluding hydrogens is 387 g/mol. The van der Waals surface area contributed by atoms with E-state index in [1.54, 1.807) is 26.0 Å². The van der Waals surface area contributed by atoms with Crippen molar-refractivity contribution >= 4 is 29.2 Å². The molecule has 4 bridgehead atoms. The minimum Gasteiger partial charge on any atom is -0.390 e. The fraction of sp³-hybridized carbons (Fsp3) is 0.667. The summed E-state index contributed by atoms with van der Waals surface area (Å²) in [5.41, 5.74) is -1.70. The van der Waals surface area contributed by atoms with Crippen LogP contribution in [0.25, 0.3) is 0 Å². The molecule has 0 saturated heterocycles. The maximum Gasteiger partial charge on any atom is 0.243 e. The van der Waals surface area contributed by atoms with Crippen molar-refractivity contribution in [3.63, 3.8) is 0 Å². The van der Waals surface area contributed by atoms with Crippen LogP contribution in [-0.4, -0.2) is 55.8 Å². The third-order valence-corrected chi connectivity index (χ3v) is 9.54. The molecular formula is C21H29BN2O4S. The number of sulfonamides is 1. The molecule has 2 unspecified atom stereocenters. The van der Waals surface area contributed by atoms with Crippen LogP contribution in [-0.2, 0) is 14.8 Å². The zero-order chi connectivity index (χ0) is 21.2. The third kappa shape index (κ3) is 3.43. The Kier molecular flexibility index (Phi) is 4.91. The Morgan fingerprint density at radius 3 is 2.34 bits per heavy atom. The smallest absolute Gasteiger partial charge is 0.243 e. The van der Waals surface area contributed by atoms with Crippen molar-refractivity contribution in [2.45, 2.75) is 68.0 Å². The summed E-state index contributed by atoms with van der Waals surface area (Å²) in [6.45, 7) is 3.23. The lowest BCUT2D eigenvalue weighted by Gasteiger charge is -2.58. The second kappa shape index (κ2) is 6.82. The molecule has 0 aliphatic heterocycles. The van der Waals surface area contributed by atoms with Crippen molar-refractivity contribution in [1.82, 2.24) is 9.62 Å². The van der Waals surface area contributed by atoms with Crippen LogP contribution in [0, 0.1) is 17.8 Å². The van der Waals surface area contributed by atoms with Crippen LogP contribution in [0.4, 0.5) is 0 Å². The van der Waals surface area contributed by atoms with Crippen LogP contribution in [0.1, 0.15) is 46.0 Å². The van der Waals surface area contributed by atoms with Gasteiger partial charge in [0.2, 0.25) is 15.9 Å². The number of hydrogen-bond acceptors (Lipinski definition) is 4. The first kappa shape index (κ1) is 20.9. The quantitative estimate of drug-likeness (QED) is 0.700. The molecule has 4 aliphatic carbocycles. The summed E-state index contributed by atoms with van der Waals surface area (Å²) in [5.74, 6) is 0.751. The van der Waals surface area contributed by atoms with Crippen molar-refractivity contribution in [2.24, 2.45) is 17.8 Å². The molecule has 2 atom stereocenters. The van der Waals surface area contributed by atoms with E-state index in [4.69, 9.17) is 7.85 Å². The van der Waals surface area contributed by atoms with Gasteiger partial charge in [-0.2, -0.15) is 4.31 Å². The highest BCUT2D eigenvalue weighted by Gasteiger charge is 2.55. The van der Waals surface area contributed by atoms with Gasteiger partial charge < -0.3 is 10.4 Å². The average molecular weight is 416 g/mol. The fourth-order valence-electron chi connectivity index (χ4n) is 5.85. The van der Waals surface area contributed by atoms with Gasteiger partial charge in [-0.05, 0) is 69.8 Å². The maximum absolute atomic E-state index is 13.2. The molecule has 6 nitrogen and oxygen atoms in total. The van der Waals surface area contributed by atoms with Crippen molar-refractivity contribution in [3.8, 4) is 0 Å². The fourth-order valence-corrected chi connectivity index (χ4v) is 7.45. The van der Waals surface area contributed by atoms with Gasteiger partial charge in [0, 0.05) is 13.1 Å². The number of carbonyl (C=O) groups is 1. The minimum atomic E-state index is -3.94. The van der Waals surface area contributed by atoms with Crippen LogP contribution in [0.5, 0.6) is 0 Å². The van der Waals surface area contributed by atoms with E-state index in [9.17, 15) is 18.3 Å². The average Bonchev–Trinajstić information content (AvgIpc) is 2.62. The first-order valence-corrected chi connectivity index (χ1v) is 11.7. The first-order chi connectivity index (χ1) is 13.4. The highest BCUT2D eigenvalue weighted by molar-refractivity contribution is 7.89. The first-order valence-electron chi connectivity index (χ1n) is 10.3. The lowest BCUT2D eigenvalue weighted by Crippen LogP contribution is -2.65. The normalized spacial score (nSPS) is 33.8. The minimum absolute atomic E-state index is 0.000204. The van der Waals surface area contributed by atoms with Crippen molar-refractivity contribution in [3.05, 3.63) is 24.3 Å². The van der Waals surface area contributed by atoms with E-state index in [-0.39, 0.29) is 34.1 Å². The second-order valence-corrected chi connectivity index (χ2v) is 11.7. The zero-order valence-corrected chi connectivity index (χ0v) is 18.1. The van der Waals surface area contributed by atoms with Crippen LogP contribution in [0.15, 0.2) is 29.2 Å². The summed E-state index contributed by atoms with van der Waals surface area (Å²) in [6.07, 6.45) is 4.38. The second-order valence-electron chi connectivity index (χ2n) is 9.76. The van der Waals surface area contributed by atoms with E-state index in [1.807, 2.05) is 0 Å². The van der Waals surface area contributed by atoms with Gasteiger partial charge in [0.15, 0.2) is 0 Å². The molecule has 5 rings (SSSR count). The summed E-state index contributed by atoms with van der Waals surface area (Å²) in [6, 6.07) is 6.27. The van der Waals surface area contributed by atoms with Crippen molar-refractivity contribution in [2.75, 3.05) is 7.05 Å². The maximum atomic E-state index is 13.2. The molecule has 0 heterocycles. The number of benzene rings is 1. The van der Waals surface area contributed by atoms with E-state index in [1.165, 1.54) is 19.2 Å². The Hall–Kier alpha value is -1.38. The van der Waals surface area contributed by atoms with Gasteiger partial charge in [0.05, 0.1) is 10.5 Å². The monoisotopic (exact) mass is 416 g/mol. The summed E-state index contributed by atoms with van der Waals surface area (Å²) >= 11 is 0. The van der Waals surface area contributed by atoms with Gasteiger partial charge in [0.1, 0.15) is 13.4 Å². The number of hydrogen-bond donors (Lipinski definition) is 2. The number of aliphatic hydroxyl groups is 1. The Morgan fingerprint density at radius 2 is 1.79 bits per heavy atom. The Morgan fingerprint density at radius 1 is 1.21 bits per heavy atom. The highest BCUT2D eigenvalue weighted by Crippen LogP contribution is 2.55. The van der Waals surface area contributed by atoms with E-state index in [0.29, 0.717) is 5.92 Å². The number of likely N-dealkylation sites (N-methyl/N-ethyl adjacent to an activating group) is 1. The SMILES string of the molecule is [B]c1ccccc1S(=O)(=O)N(C)C(C)(C)C(=O)NC1C2CC3CC1CC(O)(C3)C2. The molecule has 4 fully saturated rings. The molecule has 2 N–H and O–H groups in total. The third-order valence-electron chi connectivity index (χ3n) is 7.44. The number of amides is 1. The predicted molar refractivity (Wildman–Crippen MR) is 111 cm³/mol. The van der Waals surface area contributed by atoms with Crippen molar-refractivity contribution < 1.29 is 18.3 Å². The topological polar surface area (TPSA) is 86.7 Å². The summed E-state index contributed by atoms with van der Waals surface area (Å²) in [7, 11) is 3.36. The molecule has 0 aromatic heterocycles. The largest absolute Gasteiger partial charge is 0.390 e. The lowest BCUT2D eigenvalue weighted by atomic mass is 9.52. The number of rotatable bonds is 5. The molecule has 2 radical (unpaired) electrons. The molecule has 156 valence electrons. The Bertz CT molecular complexity index is 916. The molecule has 1 aromatic carbocycles. The van der Waals surface area contributed by atoms with Gasteiger partial charge in [0.25, 0.3) is 0 Å². The summed E-state index contributed by atoms with van der Waals surface area (Å²) in [4.78, 5) is 13.2. The Labute approximate surface area is 174 Å². The van der Waals surface area contributed by atoms with Gasteiger partial charge in [-0.25, -0.2) is 8.42 Å². The van der Waals surface area contributed by atoms with E-state index < -0.39 is 21.2 Å². The number of nitrogens with zero attached hydrogens (tertiary/aromatic N) is 1. The lowest BCUT2D eigenvalue weighted by molar-refractivity contribution is -0.149. The molecule has 1 aromatic rings. The Balaban J connectivity index is 1.53. The number of carbonyl (C=O) groups excluding carboxylic acids is 1. The van der Waals surface area contributed by atoms with Crippen molar-refractivity contribution in [1.29, 1.82) is 0 Å². The van der Waals surface area contributed by atoms with Crippen LogP contribution in [0.2, 0.25) is 0 Å². The van der Waals surface area contributed by atoms with Crippen LogP contribution in [0.3, 0.4) is 0 Å².